The Kier molecular flexibility index (Phi) is 3.66. The number of amides is 1. The van der Waals surface area contributed by atoms with E-state index in [-0.39, 0.29) is 11.9 Å². The molecule has 5 fully saturated rings. The molecule has 3 heteroatoms. The van der Waals surface area contributed by atoms with Crippen molar-refractivity contribution in [1.82, 2.24) is 10.6 Å². The third-order valence-corrected chi connectivity index (χ3v) is 7.27. The topological polar surface area (TPSA) is 41.1 Å². The van der Waals surface area contributed by atoms with Crippen LogP contribution in [0.3, 0.4) is 0 Å². The molecule has 2 atom stereocenters. The maximum Gasteiger partial charge on any atom is 0.238 e. The van der Waals surface area contributed by atoms with Crippen LogP contribution in [0.25, 0.3) is 0 Å². The van der Waals surface area contributed by atoms with E-state index in [0.29, 0.717) is 12.0 Å². The maximum atomic E-state index is 13.0. The second kappa shape index (κ2) is 5.87. The molecule has 2 N–H and O–H groups in total. The molecule has 1 amide bonds. The summed E-state index contributed by atoms with van der Waals surface area (Å²) in [5.74, 6) is 4.00. The van der Waals surface area contributed by atoms with E-state index in [1.165, 1.54) is 37.7 Å². The van der Waals surface area contributed by atoms with Gasteiger partial charge in [-0.3, -0.25) is 4.79 Å². The summed E-state index contributed by atoms with van der Waals surface area (Å²) in [6.07, 6.45) is 7.96. The van der Waals surface area contributed by atoms with Gasteiger partial charge in [-0.25, -0.2) is 0 Å². The van der Waals surface area contributed by atoms with Crippen molar-refractivity contribution in [3.63, 3.8) is 0 Å². The molecular formula is C21H28N2O. The highest BCUT2D eigenvalue weighted by atomic mass is 16.2. The highest BCUT2D eigenvalue weighted by Crippen LogP contribution is 2.53. The van der Waals surface area contributed by atoms with Gasteiger partial charge in [-0.15, -0.1) is 0 Å². The van der Waals surface area contributed by atoms with E-state index in [4.69, 9.17) is 0 Å². The Morgan fingerprint density at radius 1 is 0.958 bits per heavy atom. The van der Waals surface area contributed by atoms with Gasteiger partial charge in [0.25, 0.3) is 0 Å². The molecule has 1 aliphatic heterocycles. The Balaban J connectivity index is 1.30. The molecule has 5 aliphatic rings. The van der Waals surface area contributed by atoms with Crippen molar-refractivity contribution >= 4 is 5.91 Å². The van der Waals surface area contributed by atoms with Crippen LogP contribution < -0.4 is 10.6 Å². The first kappa shape index (κ1) is 14.9. The van der Waals surface area contributed by atoms with Crippen LogP contribution in [-0.2, 0) is 4.79 Å². The van der Waals surface area contributed by atoms with E-state index < -0.39 is 0 Å². The van der Waals surface area contributed by atoms with E-state index in [1.807, 2.05) is 0 Å². The van der Waals surface area contributed by atoms with Gasteiger partial charge in [0, 0.05) is 12.0 Å². The van der Waals surface area contributed by atoms with Crippen LogP contribution in [0, 0.1) is 23.7 Å². The van der Waals surface area contributed by atoms with Gasteiger partial charge in [0.15, 0.2) is 0 Å². The fourth-order valence-electron chi connectivity index (χ4n) is 6.45. The average Bonchev–Trinajstić information content (AvgIpc) is 3.08. The zero-order valence-electron chi connectivity index (χ0n) is 14.3. The summed E-state index contributed by atoms with van der Waals surface area (Å²) < 4.78 is 0. The number of carbonyl (C=O) groups excluding carboxylic acids is 1. The van der Waals surface area contributed by atoms with Crippen molar-refractivity contribution in [1.29, 1.82) is 0 Å². The van der Waals surface area contributed by atoms with Crippen LogP contribution in [0.4, 0.5) is 0 Å². The van der Waals surface area contributed by atoms with Gasteiger partial charge in [0.05, 0.1) is 6.04 Å². The molecule has 3 nitrogen and oxygen atoms in total. The predicted octanol–water partition coefficient (Wildman–Crippen LogP) is 3.07. The summed E-state index contributed by atoms with van der Waals surface area (Å²) in [6.45, 7) is 0.944. The molecule has 1 saturated heterocycles. The van der Waals surface area contributed by atoms with Gasteiger partial charge < -0.3 is 10.6 Å². The van der Waals surface area contributed by atoms with Crippen molar-refractivity contribution in [2.45, 2.75) is 56.5 Å². The second-order valence-electron chi connectivity index (χ2n) is 8.70. The maximum absolute atomic E-state index is 13.0. The monoisotopic (exact) mass is 324 g/mol. The number of benzene rings is 1. The second-order valence-corrected chi connectivity index (χ2v) is 8.70. The quantitative estimate of drug-likeness (QED) is 0.897. The van der Waals surface area contributed by atoms with E-state index in [9.17, 15) is 4.79 Å². The molecule has 24 heavy (non-hydrogen) atoms. The van der Waals surface area contributed by atoms with Gasteiger partial charge in [0.2, 0.25) is 5.91 Å². The lowest BCUT2D eigenvalue weighted by molar-refractivity contribution is -0.127. The van der Waals surface area contributed by atoms with E-state index in [0.717, 1.165) is 36.6 Å². The first-order valence-electron chi connectivity index (χ1n) is 9.86. The molecule has 0 radical (unpaired) electrons. The first-order valence-corrected chi connectivity index (χ1v) is 9.86. The predicted molar refractivity (Wildman–Crippen MR) is 94.6 cm³/mol. The van der Waals surface area contributed by atoms with Crippen LogP contribution in [-0.4, -0.2) is 24.5 Å². The van der Waals surface area contributed by atoms with Crippen LogP contribution in [0.2, 0.25) is 0 Å². The minimum absolute atomic E-state index is 0.0513. The van der Waals surface area contributed by atoms with Gasteiger partial charge in [-0.2, -0.15) is 0 Å². The highest BCUT2D eigenvalue weighted by molar-refractivity contribution is 5.83. The number of hydrogen-bond acceptors (Lipinski definition) is 2. The molecular weight excluding hydrogens is 296 g/mol. The summed E-state index contributed by atoms with van der Waals surface area (Å²) in [5, 5.41) is 6.97. The number of hydrogen-bond donors (Lipinski definition) is 2. The molecule has 1 heterocycles. The normalized spacial score (nSPS) is 43.1. The minimum atomic E-state index is -0.0513. The highest BCUT2D eigenvalue weighted by Gasteiger charge is 2.49. The third-order valence-electron chi connectivity index (χ3n) is 7.27. The fraction of sp³-hybridized carbons (Fsp3) is 0.667. The molecule has 1 aromatic rings. The van der Waals surface area contributed by atoms with Gasteiger partial charge in [-0.1, -0.05) is 30.3 Å². The van der Waals surface area contributed by atoms with Crippen molar-refractivity contribution in [3.8, 4) is 0 Å². The largest absolute Gasteiger partial charge is 0.351 e. The summed E-state index contributed by atoms with van der Waals surface area (Å²) in [5.41, 5.74) is 1.30. The third kappa shape index (κ3) is 2.48. The van der Waals surface area contributed by atoms with Crippen molar-refractivity contribution in [2.75, 3.05) is 6.54 Å². The van der Waals surface area contributed by atoms with Crippen LogP contribution in [0.1, 0.15) is 50.0 Å². The number of nitrogens with one attached hydrogen (secondary N) is 2. The smallest absolute Gasteiger partial charge is 0.238 e. The Morgan fingerprint density at radius 3 is 2.29 bits per heavy atom. The van der Waals surface area contributed by atoms with E-state index in [2.05, 4.69) is 41.0 Å². The average molecular weight is 324 g/mol. The summed E-state index contributed by atoms with van der Waals surface area (Å²) >= 11 is 0. The molecule has 1 aromatic carbocycles. The summed E-state index contributed by atoms with van der Waals surface area (Å²) in [4.78, 5) is 13.0. The SMILES string of the molecule is O=C(NC1C2CC3CC(C2)CC1C3)[C@@H]1NCC[C@H]1c1ccccc1. The van der Waals surface area contributed by atoms with Gasteiger partial charge in [0.1, 0.15) is 0 Å². The lowest BCUT2D eigenvalue weighted by Crippen LogP contribution is -2.58. The Labute approximate surface area is 144 Å². The van der Waals surface area contributed by atoms with Gasteiger partial charge in [-0.05, 0) is 74.3 Å². The standard InChI is InChI=1S/C21H28N2O/c24-21(20-18(6-7-22-20)15-4-2-1-3-5-15)23-19-16-9-13-8-14(11-16)12-17(19)10-13/h1-5,13-14,16-20,22H,6-12H2,(H,23,24)/t13?,14?,16?,17?,18-,19?,20+/m0/s1. The Bertz CT molecular complexity index is 586. The minimum Gasteiger partial charge on any atom is -0.351 e. The Hall–Kier alpha value is -1.35. The van der Waals surface area contributed by atoms with Crippen LogP contribution >= 0.6 is 0 Å². The molecule has 0 spiro atoms. The van der Waals surface area contributed by atoms with E-state index >= 15 is 0 Å². The summed E-state index contributed by atoms with van der Waals surface area (Å²) in [6, 6.07) is 11.0. The fourth-order valence-corrected chi connectivity index (χ4v) is 6.45. The number of rotatable bonds is 3. The lowest BCUT2D eigenvalue weighted by atomic mass is 9.54. The van der Waals surface area contributed by atoms with Crippen molar-refractivity contribution < 1.29 is 4.79 Å². The first-order chi connectivity index (χ1) is 11.8. The molecule has 128 valence electrons. The van der Waals surface area contributed by atoms with E-state index in [1.54, 1.807) is 0 Å². The van der Waals surface area contributed by atoms with Crippen LogP contribution in [0.15, 0.2) is 30.3 Å². The zero-order valence-corrected chi connectivity index (χ0v) is 14.3. The molecule has 6 rings (SSSR count). The molecule has 0 unspecified atom stereocenters. The van der Waals surface area contributed by atoms with Gasteiger partial charge >= 0.3 is 0 Å². The lowest BCUT2D eigenvalue weighted by Gasteiger charge is -2.54. The molecule has 4 bridgehead atoms. The molecule has 4 aliphatic carbocycles. The zero-order chi connectivity index (χ0) is 16.1. The number of carbonyl (C=O) groups is 1. The summed E-state index contributed by atoms with van der Waals surface area (Å²) in [7, 11) is 0. The van der Waals surface area contributed by atoms with Crippen molar-refractivity contribution in [2.24, 2.45) is 23.7 Å². The van der Waals surface area contributed by atoms with Crippen molar-refractivity contribution in [3.05, 3.63) is 35.9 Å². The molecule has 0 aromatic heterocycles. The molecule has 4 saturated carbocycles. The van der Waals surface area contributed by atoms with Crippen LogP contribution in [0.5, 0.6) is 0 Å². The Morgan fingerprint density at radius 2 is 1.62 bits per heavy atom.